The van der Waals surface area contributed by atoms with Gasteiger partial charge in [-0.25, -0.2) is 4.98 Å². The Morgan fingerprint density at radius 1 is 1.39 bits per heavy atom. The highest BCUT2D eigenvalue weighted by atomic mass is 19.4. The number of aromatic nitrogens is 2. The number of pyridine rings is 1. The van der Waals surface area contributed by atoms with E-state index in [4.69, 9.17) is 11.0 Å². The lowest BCUT2D eigenvalue weighted by Gasteiger charge is -2.11. The first-order valence-corrected chi connectivity index (χ1v) is 4.84. The van der Waals surface area contributed by atoms with Gasteiger partial charge >= 0.3 is 6.18 Å². The average molecular weight is 252 g/mol. The van der Waals surface area contributed by atoms with Crippen molar-refractivity contribution >= 4 is 5.69 Å². The summed E-state index contributed by atoms with van der Waals surface area (Å²) in [6, 6.07) is 5.71. The first-order chi connectivity index (χ1) is 8.43. The van der Waals surface area contributed by atoms with Gasteiger partial charge in [0.15, 0.2) is 0 Å². The van der Waals surface area contributed by atoms with Crippen LogP contribution in [0.3, 0.4) is 0 Å². The molecular formula is C11H7F3N4. The van der Waals surface area contributed by atoms with Crippen LogP contribution < -0.4 is 5.73 Å². The number of nitrogen functional groups attached to an aromatic ring is 1. The van der Waals surface area contributed by atoms with Crippen LogP contribution >= 0.6 is 0 Å². The number of anilines is 1. The number of hydrogen-bond acceptors (Lipinski definition) is 3. The summed E-state index contributed by atoms with van der Waals surface area (Å²) in [5.41, 5.74) is 4.88. The highest BCUT2D eigenvalue weighted by molar-refractivity contribution is 5.58. The van der Waals surface area contributed by atoms with E-state index in [1.807, 2.05) is 6.07 Å². The molecular weight excluding hydrogens is 245 g/mol. The van der Waals surface area contributed by atoms with E-state index in [0.717, 1.165) is 12.3 Å². The molecule has 4 nitrogen and oxygen atoms in total. The van der Waals surface area contributed by atoms with Crippen molar-refractivity contribution in [1.82, 2.24) is 9.55 Å². The minimum atomic E-state index is -4.55. The third-order valence-corrected chi connectivity index (χ3v) is 2.33. The Hall–Kier alpha value is -2.49. The van der Waals surface area contributed by atoms with Crippen molar-refractivity contribution < 1.29 is 13.2 Å². The molecule has 2 rings (SSSR count). The summed E-state index contributed by atoms with van der Waals surface area (Å²) < 4.78 is 38.9. The van der Waals surface area contributed by atoms with E-state index < -0.39 is 11.9 Å². The molecule has 0 saturated heterocycles. The standard InChI is InChI=1S/C11H7F3N4/c12-11(13,14)10-4-9(8(16)6-17-10)18-3-1-2-7(18)5-15/h1-4,6H,16H2. The fraction of sp³-hybridized carbons (Fsp3) is 0.0909. The predicted octanol–water partition coefficient (Wildman–Crippen LogP) is 2.34. The summed E-state index contributed by atoms with van der Waals surface area (Å²) in [6.07, 6.45) is -2.16. The number of halogens is 3. The van der Waals surface area contributed by atoms with E-state index >= 15 is 0 Å². The van der Waals surface area contributed by atoms with E-state index in [2.05, 4.69) is 4.98 Å². The van der Waals surface area contributed by atoms with E-state index in [0.29, 0.717) is 0 Å². The van der Waals surface area contributed by atoms with E-state index in [1.165, 1.54) is 16.8 Å². The van der Waals surface area contributed by atoms with Crippen molar-refractivity contribution in [3.8, 4) is 11.8 Å². The van der Waals surface area contributed by atoms with Gasteiger partial charge in [0.2, 0.25) is 0 Å². The molecule has 2 aromatic rings. The maximum absolute atomic E-state index is 12.5. The highest BCUT2D eigenvalue weighted by Crippen LogP contribution is 2.30. The van der Waals surface area contributed by atoms with Gasteiger partial charge in [-0.05, 0) is 18.2 Å². The molecule has 18 heavy (non-hydrogen) atoms. The molecule has 0 saturated carbocycles. The number of hydrogen-bond donors (Lipinski definition) is 1. The molecule has 0 aliphatic carbocycles. The molecule has 0 aliphatic rings. The van der Waals surface area contributed by atoms with Crippen molar-refractivity contribution in [1.29, 1.82) is 5.26 Å². The van der Waals surface area contributed by atoms with Gasteiger partial charge < -0.3 is 10.3 Å². The summed E-state index contributed by atoms with van der Waals surface area (Å²) in [6.45, 7) is 0. The molecule has 0 aromatic carbocycles. The number of nitrogens with two attached hydrogens (primary N) is 1. The van der Waals surface area contributed by atoms with Crippen LogP contribution in [0.5, 0.6) is 0 Å². The van der Waals surface area contributed by atoms with Crippen LogP contribution in [-0.4, -0.2) is 9.55 Å². The summed E-state index contributed by atoms with van der Waals surface area (Å²) in [4.78, 5) is 3.23. The van der Waals surface area contributed by atoms with Gasteiger partial charge in [-0.1, -0.05) is 0 Å². The van der Waals surface area contributed by atoms with Gasteiger partial charge in [0.05, 0.1) is 17.6 Å². The normalized spacial score (nSPS) is 11.2. The molecule has 0 radical (unpaired) electrons. The summed E-state index contributed by atoms with van der Waals surface area (Å²) in [7, 11) is 0. The number of nitriles is 1. The van der Waals surface area contributed by atoms with Gasteiger partial charge in [0, 0.05) is 6.20 Å². The number of alkyl halides is 3. The van der Waals surface area contributed by atoms with Crippen LogP contribution in [0.4, 0.5) is 18.9 Å². The Bertz CT molecular complexity index is 622. The van der Waals surface area contributed by atoms with Crippen molar-refractivity contribution in [3.05, 3.63) is 42.0 Å². The minimum Gasteiger partial charge on any atom is -0.396 e. The highest BCUT2D eigenvalue weighted by Gasteiger charge is 2.33. The third kappa shape index (κ3) is 2.00. The first kappa shape index (κ1) is 12.0. The van der Waals surface area contributed by atoms with Crippen LogP contribution in [-0.2, 0) is 6.18 Å². The lowest BCUT2D eigenvalue weighted by molar-refractivity contribution is -0.141. The van der Waals surface area contributed by atoms with Crippen LogP contribution in [0.15, 0.2) is 30.6 Å². The Morgan fingerprint density at radius 2 is 2.11 bits per heavy atom. The second-order valence-corrected chi connectivity index (χ2v) is 3.50. The van der Waals surface area contributed by atoms with Crippen molar-refractivity contribution in [3.63, 3.8) is 0 Å². The van der Waals surface area contributed by atoms with Crippen molar-refractivity contribution in [2.45, 2.75) is 6.18 Å². The van der Waals surface area contributed by atoms with E-state index in [-0.39, 0.29) is 17.1 Å². The molecule has 2 aromatic heterocycles. The molecule has 2 heterocycles. The third-order valence-electron chi connectivity index (χ3n) is 2.33. The van der Waals surface area contributed by atoms with Crippen LogP contribution in [0.1, 0.15) is 11.4 Å². The van der Waals surface area contributed by atoms with E-state index in [9.17, 15) is 13.2 Å². The average Bonchev–Trinajstić information content (AvgIpc) is 2.76. The quantitative estimate of drug-likeness (QED) is 0.847. The second-order valence-electron chi connectivity index (χ2n) is 3.50. The summed E-state index contributed by atoms with van der Waals surface area (Å²) >= 11 is 0. The number of nitrogens with zero attached hydrogens (tertiary/aromatic N) is 3. The second kappa shape index (κ2) is 4.07. The minimum absolute atomic E-state index is 0.0655. The maximum atomic E-state index is 12.5. The molecule has 0 bridgehead atoms. The summed E-state index contributed by atoms with van der Waals surface area (Å²) in [5, 5.41) is 8.84. The zero-order chi connectivity index (χ0) is 13.3. The van der Waals surface area contributed by atoms with Crippen molar-refractivity contribution in [2.24, 2.45) is 0 Å². The topological polar surface area (TPSA) is 67.6 Å². The molecule has 0 spiro atoms. The van der Waals surface area contributed by atoms with Crippen LogP contribution in [0, 0.1) is 11.3 Å². The zero-order valence-corrected chi connectivity index (χ0v) is 8.94. The first-order valence-electron chi connectivity index (χ1n) is 4.84. The molecule has 92 valence electrons. The fourth-order valence-electron chi connectivity index (χ4n) is 1.50. The lowest BCUT2D eigenvalue weighted by atomic mass is 10.2. The molecule has 0 amide bonds. The van der Waals surface area contributed by atoms with Gasteiger partial charge in [0.1, 0.15) is 17.5 Å². The van der Waals surface area contributed by atoms with Crippen LogP contribution in [0.2, 0.25) is 0 Å². The molecule has 0 fully saturated rings. The molecule has 0 atom stereocenters. The van der Waals surface area contributed by atoms with Crippen molar-refractivity contribution in [2.75, 3.05) is 5.73 Å². The Morgan fingerprint density at radius 3 is 2.72 bits per heavy atom. The lowest BCUT2D eigenvalue weighted by Crippen LogP contribution is -2.11. The molecule has 7 heteroatoms. The monoisotopic (exact) mass is 252 g/mol. The van der Waals surface area contributed by atoms with Crippen LogP contribution in [0.25, 0.3) is 5.69 Å². The van der Waals surface area contributed by atoms with Gasteiger partial charge in [-0.15, -0.1) is 0 Å². The maximum Gasteiger partial charge on any atom is 0.433 e. The largest absolute Gasteiger partial charge is 0.433 e. The fourth-order valence-corrected chi connectivity index (χ4v) is 1.50. The Kier molecular flexibility index (Phi) is 2.71. The van der Waals surface area contributed by atoms with Gasteiger partial charge in [0.25, 0.3) is 0 Å². The zero-order valence-electron chi connectivity index (χ0n) is 8.94. The molecule has 0 unspecified atom stereocenters. The Labute approximate surface area is 100 Å². The van der Waals surface area contributed by atoms with Gasteiger partial charge in [-0.3, -0.25) is 0 Å². The molecule has 2 N–H and O–H groups in total. The SMILES string of the molecule is N#Cc1cccn1-c1cc(C(F)(F)F)ncc1N. The molecule has 0 aliphatic heterocycles. The smallest absolute Gasteiger partial charge is 0.396 e. The Balaban J connectivity index is 2.62. The van der Waals surface area contributed by atoms with Gasteiger partial charge in [-0.2, -0.15) is 18.4 Å². The van der Waals surface area contributed by atoms with E-state index in [1.54, 1.807) is 6.07 Å². The number of rotatable bonds is 1. The predicted molar refractivity (Wildman–Crippen MR) is 57.7 cm³/mol. The summed E-state index contributed by atoms with van der Waals surface area (Å²) in [5.74, 6) is 0.